The van der Waals surface area contributed by atoms with Crippen molar-refractivity contribution in [2.75, 3.05) is 11.5 Å². The molecule has 2 atom stereocenters. The maximum Gasteiger partial charge on any atom is 0.311 e. The highest BCUT2D eigenvalue weighted by Gasteiger charge is 2.57. The zero-order chi connectivity index (χ0) is 11.3. The molecule has 0 aromatic rings. The molecule has 2 rings (SSSR count). The lowest BCUT2D eigenvalue weighted by Gasteiger charge is -2.24. The van der Waals surface area contributed by atoms with Crippen molar-refractivity contribution in [3.8, 4) is 0 Å². The Labute approximate surface area is 88.6 Å². The van der Waals surface area contributed by atoms with Crippen LogP contribution in [-0.4, -0.2) is 37.0 Å². The fourth-order valence-corrected chi connectivity index (χ4v) is 4.24. The molecule has 0 spiro atoms. The average Bonchev–Trinajstić information content (AvgIpc) is 2.86. The zero-order valence-corrected chi connectivity index (χ0v) is 9.16. The Morgan fingerprint density at radius 1 is 1.47 bits per heavy atom. The molecule has 1 aliphatic heterocycles. The van der Waals surface area contributed by atoms with E-state index in [4.69, 9.17) is 10.8 Å². The molecule has 3 N–H and O–H groups in total. The number of hydrogen-bond donors (Lipinski definition) is 2. The van der Waals surface area contributed by atoms with Gasteiger partial charge < -0.3 is 10.8 Å². The quantitative estimate of drug-likeness (QED) is 0.692. The number of rotatable bonds is 3. The fourth-order valence-electron chi connectivity index (χ4n) is 2.38. The lowest BCUT2D eigenvalue weighted by Crippen LogP contribution is -2.43. The van der Waals surface area contributed by atoms with Crippen LogP contribution in [0.2, 0.25) is 0 Å². The highest BCUT2D eigenvalue weighted by Crippen LogP contribution is 2.51. The minimum absolute atomic E-state index is 0.0587. The minimum Gasteiger partial charge on any atom is -0.481 e. The van der Waals surface area contributed by atoms with Crippen molar-refractivity contribution in [1.29, 1.82) is 0 Å². The second kappa shape index (κ2) is 3.18. The van der Waals surface area contributed by atoms with Crippen LogP contribution in [0.15, 0.2) is 0 Å². The smallest absolute Gasteiger partial charge is 0.311 e. The van der Waals surface area contributed by atoms with Gasteiger partial charge in [-0.05, 0) is 25.2 Å². The lowest BCUT2D eigenvalue weighted by atomic mass is 9.86. The van der Waals surface area contributed by atoms with E-state index in [1.807, 2.05) is 0 Å². The van der Waals surface area contributed by atoms with Gasteiger partial charge in [0.05, 0.1) is 16.9 Å². The van der Waals surface area contributed by atoms with Crippen LogP contribution in [0.4, 0.5) is 0 Å². The first kappa shape index (κ1) is 10.9. The molecule has 6 heteroatoms. The summed E-state index contributed by atoms with van der Waals surface area (Å²) in [6, 6.07) is -0.507. The van der Waals surface area contributed by atoms with Gasteiger partial charge in [-0.15, -0.1) is 0 Å². The Hall–Kier alpha value is -0.620. The molecule has 0 radical (unpaired) electrons. The lowest BCUT2D eigenvalue weighted by molar-refractivity contribution is -0.144. The highest BCUT2D eigenvalue weighted by molar-refractivity contribution is 7.91. The van der Waals surface area contributed by atoms with E-state index in [0.29, 0.717) is 19.3 Å². The first-order chi connectivity index (χ1) is 6.87. The van der Waals surface area contributed by atoms with E-state index in [2.05, 4.69) is 0 Å². The van der Waals surface area contributed by atoms with E-state index < -0.39 is 27.3 Å². The molecule has 1 aliphatic carbocycles. The molecular formula is C9H15NO4S. The number of carboxylic acids is 1. The van der Waals surface area contributed by atoms with Gasteiger partial charge in [0.15, 0.2) is 9.84 Å². The second-order valence-corrected chi connectivity index (χ2v) is 6.88. The van der Waals surface area contributed by atoms with E-state index in [9.17, 15) is 13.2 Å². The molecule has 5 nitrogen and oxygen atoms in total. The number of aliphatic carboxylic acids is 1. The van der Waals surface area contributed by atoms with Gasteiger partial charge in [0, 0.05) is 6.04 Å². The van der Waals surface area contributed by atoms with Gasteiger partial charge in [-0.25, -0.2) is 8.42 Å². The van der Waals surface area contributed by atoms with Crippen molar-refractivity contribution in [2.45, 2.75) is 25.3 Å². The van der Waals surface area contributed by atoms with Crippen molar-refractivity contribution < 1.29 is 18.3 Å². The van der Waals surface area contributed by atoms with Gasteiger partial charge in [0.1, 0.15) is 0 Å². The molecule has 2 unspecified atom stereocenters. The molecular weight excluding hydrogens is 218 g/mol. The summed E-state index contributed by atoms with van der Waals surface area (Å²) < 4.78 is 22.5. The Morgan fingerprint density at radius 2 is 2.07 bits per heavy atom. The summed E-state index contributed by atoms with van der Waals surface area (Å²) in [5.74, 6) is -0.836. The number of carboxylic acid groups (broad SMARTS) is 1. The Bertz CT molecular complexity index is 385. The normalized spacial score (nSPS) is 33.5. The van der Waals surface area contributed by atoms with Gasteiger partial charge in [-0.2, -0.15) is 0 Å². The molecule has 0 aromatic carbocycles. The van der Waals surface area contributed by atoms with Crippen molar-refractivity contribution >= 4 is 15.8 Å². The van der Waals surface area contributed by atoms with Gasteiger partial charge in [0.25, 0.3) is 0 Å². The molecule has 2 fully saturated rings. The van der Waals surface area contributed by atoms with Crippen LogP contribution in [0.25, 0.3) is 0 Å². The topological polar surface area (TPSA) is 97.5 Å². The van der Waals surface area contributed by atoms with Crippen LogP contribution < -0.4 is 5.73 Å². The first-order valence-corrected chi connectivity index (χ1v) is 6.89. The van der Waals surface area contributed by atoms with Crippen LogP contribution in [0.5, 0.6) is 0 Å². The van der Waals surface area contributed by atoms with Crippen LogP contribution in [0, 0.1) is 11.3 Å². The molecule has 86 valence electrons. The molecule has 2 aliphatic rings. The summed E-state index contributed by atoms with van der Waals surface area (Å²) in [6.45, 7) is 0. The van der Waals surface area contributed by atoms with Gasteiger partial charge >= 0.3 is 5.97 Å². The summed E-state index contributed by atoms with van der Waals surface area (Å²) in [5.41, 5.74) is 5.07. The molecule has 1 heterocycles. The molecule has 1 saturated heterocycles. The van der Waals surface area contributed by atoms with E-state index in [-0.39, 0.29) is 17.4 Å². The van der Waals surface area contributed by atoms with Crippen LogP contribution >= 0.6 is 0 Å². The van der Waals surface area contributed by atoms with Crippen LogP contribution in [0.1, 0.15) is 19.3 Å². The van der Waals surface area contributed by atoms with E-state index >= 15 is 0 Å². The summed E-state index contributed by atoms with van der Waals surface area (Å²) in [7, 11) is -2.97. The number of carbonyl (C=O) groups is 1. The Balaban J connectivity index is 2.10. The van der Waals surface area contributed by atoms with Gasteiger partial charge in [-0.3, -0.25) is 4.79 Å². The molecule has 0 bridgehead atoms. The predicted molar refractivity (Wildman–Crippen MR) is 54.0 cm³/mol. The molecule has 0 amide bonds. The first-order valence-electron chi connectivity index (χ1n) is 5.07. The summed E-state index contributed by atoms with van der Waals surface area (Å²) in [4.78, 5) is 11.0. The van der Waals surface area contributed by atoms with Crippen molar-refractivity contribution in [1.82, 2.24) is 0 Å². The maximum atomic E-state index is 11.3. The Morgan fingerprint density at radius 3 is 2.40 bits per heavy atom. The molecule has 15 heavy (non-hydrogen) atoms. The monoisotopic (exact) mass is 233 g/mol. The minimum atomic E-state index is -2.97. The van der Waals surface area contributed by atoms with Crippen LogP contribution in [-0.2, 0) is 14.6 Å². The third-order valence-corrected chi connectivity index (χ3v) is 5.42. The summed E-state index contributed by atoms with van der Waals surface area (Å²) in [6.07, 6.45) is 1.68. The Kier molecular flexibility index (Phi) is 2.31. The van der Waals surface area contributed by atoms with E-state index in [1.54, 1.807) is 0 Å². The third-order valence-electron chi connectivity index (χ3n) is 3.63. The SMILES string of the molecule is NC(C1CCS(=O)(=O)C1)C1(C(=O)O)CC1. The van der Waals surface area contributed by atoms with Crippen LogP contribution in [0.3, 0.4) is 0 Å². The predicted octanol–water partition coefficient (Wildman–Crippen LogP) is -0.387. The van der Waals surface area contributed by atoms with Crippen molar-refractivity contribution in [3.63, 3.8) is 0 Å². The van der Waals surface area contributed by atoms with E-state index in [1.165, 1.54) is 0 Å². The average molecular weight is 233 g/mol. The van der Waals surface area contributed by atoms with Crippen molar-refractivity contribution in [2.24, 2.45) is 17.1 Å². The second-order valence-electron chi connectivity index (χ2n) is 4.65. The summed E-state index contributed by atoms with van der Waals surface area (Å²) in [5, 5.41) is 9.04. The van der Waals surface area contributed by atoms with Crippen molar-refractivity contribution in [3.05, 3.63) is 0 Å². The number of sulfone groups is 1. The number of nitrogens with two attached hydrogens (primary N) is 1. The third kappa shape index (κ3) is 1.76. The maximum absolute atomic E-state index is 11.3. The molecule has 1 saturated carbocycles. The summed E-state index contributed by atoms with van der Waals surface area (Å²) >= 11 is 0. The highest BCUT2D eigenvalue weighted by atomic mass is 32.2. The fraction of sp³-hybridized carbons (Fsp3) is 0.889. The standard InChI is InChI=1S/C9H15NO4S/c10-7(9(2-3-9)8(11)12)6-1-4-15(13,14)5-6/h6-7H,1-5,10H2,(H,11,12). The zero-order valence-electron chi connectivity index (χ0n) is 8.35. The van der Waals surface area contributed by atoms with Gasteiger partial charge in [-0.1, -0.05) is 0 Å². The number of hydrogen-bond acceptors (Lipinski definition) is 4. The molecule has 0 aromatic heterocycles. The largest absolute Gasteiger partial charge is 0.481 e. The van der Waals surface area contributed by atoms with Gasteiger partial charge in [0.2, 0.25) is 0 Å². The van der Waals surface area contributed by atoms with E-state index in [0.717, 1.165) is 0 Å².